The molecule has 11 nitrogen and oxygen atoms in total. The molecule has 2 N–H and O–H groups in total. The van der Waals surface area contributed by atoms with Crippen molar-refractivity contribution in [3.8, 4) is 11.5 Å². The maximum atomic E-state index is 13.6. The molecule has 0 saturated heterocycles. The zero-order chi connectivity index (χ0) is 34.0. The van der Waals surface area contributed by atoms with Crippen molar-refractivity contribution in [3.05, 3.63) is 88.7 Å². The second-order valence-electron chi connectivity index (χ2n) is 10.7. The highest BCUT2D eigenvalue weighted by Crippen LogP contribution is 2.34. The molecule has 0 fully saturated rings. The van der Waals surface area contributed by atoms with E-state index in [2.05, 4.69) is 46.5 Å². The van der Waals surface area contributed by atoms with E-state index in [-0.39, 0.29) is 30.2 Å². The lowest BCUT2D eigenvalue weighted by Crippen LogP contribution is -2.32. The number of hydrazone groups is 1. The number of carbonyl (C=O) groups excluding carboxylic acids is 2. The van der Waals surface area contributed by atoms with Crippen LogP contribution in [0.5, 0.6) is 11.5 Å². The van der Waals surface area contributed by atoms with Gasteiger partial charge in [0.15, 0.2) is 11.5 Å². The van der Waals surface area contributed by atoms with E-state index in [0.29, 0.717) is 36.6 Å². The summed E-state index contributed by atoms with van der Waals surface area (Å²) in [6.07, 6.45) is 1.32. The number of amides is 2. The molecule has 0 bridgehead atoms. The number of ether oxygens (including phenoxy) is 4. The first-order valence-corrected chi connectivity index (χ1v) is 15.6. The van der Waals surface area contributed by atoms with Crippen LogP contribution in [0.25, 0.3) is 0 Å². The van der Waals surface area contributed by atoms with E-state index in [1.807, 2.05) is 18.2 Å². The molecule has 0 aliphatic rings. The Bertz CT molecular complexity index is 1470. The quantitative estimate of drug-likeness (QED) is 0.103. The molecule has 2 amide bonds. The number of carbonyl (C=O) groups is 2. The fourth-order valence-electron chi connectivity index (χ4n) is 4.61. The van der Waals surface area contributed by atoms with Gasteiger partial charge >= 0.3 is 0 Å². The molecule has 3 aromatic carbocycles. The van der Waals surface area contributed by atoms with Crippen LogP contribution in [0.3, 0.4) is 0 Å². The Morgan fingerprint density at radius 3 is 2.19 bits per heavy atom. The Kier molecular flexibility index (Phi) is 15.8. The third-order valence-corrected chi connectivity index (χ3v) is 7.23. The van der Waals surface area contributed by atoms with Gasteiger partial charge in [-0.15, -0.1) is 0 Å². The van der Waals surface area contributed by atoms with Gasteiger partial charge in [0.25, 0.3) is 11.8 Å². The van der Waals surface area contributed by atoms with Crippen LogP contribution in [0.2, 0.25) is 0 Å². The summed E-state index contributed by atoms with van der Waals surface area (Å²) in [5.41, 5.74) is 4.58. The van der Waals surface area contributed by atoms with E-state index in [1.165, 1.54) is 36.5 Å². The minimum Gasteiger partial charge on any atom is -0.487 e. The van der Waals surface area contributed by atoms with Crippen LogP contribution in [-0.2, 0) is 16.0 Å². The number of halogens is 1. The average molecular weight is 652 g/mol. The van der Waals surface area contributed by atoms with Gasteiger partial charge in [0.1, 0.15) is 19.0 Å². The number of nitrogens with zero attached hydrogens (tertiary/aromatic N) is 3. The Morgan fingerprint density at radius 2 is 1.53 bits per heavy atom. The molecule has 3 aromatic rings. The SMILES string of the molecule is CCN(CC)CCN(C)Cc1cccc(C(=O)Nc2cc(OCCOC)c(OCCOC)cc2C(=O)N/N=C/c2cccc(F)c2)c1. The second-order valence-corrected chi connectivity index (χ2v) is 10.7. The van der Waals surface area contributed by atoms with Crippen LogP contribution in [-0.4, -0.2) is 102 Å². The largest absolute Gasteiger partial charge is 0.487 e. The predicted octanol–water partition coefficient (Wildman–Crippen LogP) is 4.67. The van der Waals surface area contributed by atoms with Crippen LogP contribution in [0, 0.1) is 5.82 Å². The Balaban J connectivity index is 1.88. The van der Waals surface area contributed by atoms with Gasteiger partial charge in [-0.25, -0.2) is 9.82 Å². The molecule has 12 heteroatoms. The predicted molar refractivity (Wildman–Crippen MR) is 181 cm³/mol. The summed E-state index contributed by atoms with van der Waals surface area (Å²) < 4.78 is 35.6. The molecule has 0 spiro atoms. The van der Waals surface area contributed by atoms with Gasteiger partial charge in [-0.1, -0.05) is 38.1 Å². The van der Waals surface area contributed by atoms with Gasteiger partial charge in [0.05, 0.1) is 30.7 Å². The van der Waals surface area contributed by atoms with E-state index >= 15 is 0 Å². The molecule has 0 aliphatic carbocycles. The maximum Gasteiger partial charge on any atom is 0.273 e. The Labute approximate surface area is 276 Å². The molecule has 0 saturated carbocycles. The number of anilines is 1. The zero-order valence-corrected chi connectivity index (χ0v) is 27.9. The summed E-state index contributed by atoms with van der Waals surface area (Å²) in [4.78, 5) is 31.6. The van der Waals surface area contributed by atoms with E-state index in [1.54, 1.807) is 26.4 Å². The van der Waals surface area contributed by atoms with Gasteiger partial charge in [-0.05, 0) is 61.6 Å². The van der Waals surface area contributed by atoms with Crippen molar-refractivity contribution in [3.63, 3.8) is 0 Å². The first-order valence-electron chi connectivity index (χ1n) is 15.6. The molecule has 0 heterocycles. The number of likely N-dealkylation sites (N-methyl/N-ethyl adjacent to an activating group) is 2. The van der Waals surface area contributed by atoms with Crippen molar-refractivity contribution in [1.29, 1.82) is 0 Å². The highest BCUT2D eigenvalue weighted by Gasteiger charge is 2.20. The minimum absolute atomic E-state index is 0.0774. The first kappa shape index (κ1) is 37.1. The van der Waals surface area contributed by atoms with Gasteiger partial charge in [-0.3, -0.25) is 9.59 Å². The lowest BCUT2D eigenvalue weighted by atomic mass is 10.1. The Morgan fingerprint density at radius 1 is 0.851 bits per heavy atom. The minimum atomic E-state index is -0.628. The van der Waals surface area contributed by atoms with Crippen molar-refractivity contribution in [2.75, 3.05) is 79.2 Å². The lowest BCUT2D eigenvalue weighted by Gasteiger charge is -2.23. The third kappa shape index (κ3) is 12.4. The van der Waals surface area contributed by atoms with Crippen molar-refractivity contribution < 1.29 is 32.9 Å². The highest BCUT2D eigenvalue weighted by atomic mass is 19.1. The van der Waals surface area contributed by atoms with Crippen LogP contribution >= 0.6 is 0 Å². The normalized spacial score (nSPS) is 11.3. The molecule has 254 valence electrons. The highest BCUT2D eigenvalue weighted by molar-refractivity contribution is 6.09. The standard InChI is InChI=1S/C35H46FN5O6/c1-6-41(7-2)15-14-40(3)25-27-11-8-12-28(20-27)34(42)38-31-23-33(47-19-17-45-5)32(46-18-16-44-4)22-30(31)35(43)39-37-24-26-10-9-13-29(36)21-26/h8-13,20-24H,6-7,14-19,25H2,1-5H3,(H,38,42)(H,39,43)/b37-24+. The first-order chi connectivity index (χ1) is 22.8. The van der Waals surface area contributed by atoms with Gasteiger partial charge in [-0.2, -0.15) is 5.10 Å². The zero-order valence-electron chi connectivity index (χ0n) is 27.9. The van der Waals surface area contributed by atoms with E-state index in [4.69, 9.17) is 18.9 Å². The number of rotatable bonds is 20. The van der Waals surface area contributed by atoms with Gasteiger partial charge in [0, 0.05) is 45.5 Å². The monoisotopic (exact) mass is 651 g/mol. The van der Waals surface area contributed by atoms with Crippen LogP contribution in [0.1, 0.15) is 45.7 Å². The topological polar surface area (TPSA) is 114 Å². The van der Waals surface area contributed by atoms with Gasteiger partial charge < -0.3 is 34.1 Å². The van der Waals surface area contributed by atoms with Crippen LogP contribution in [0.4, 0.5) is 10.1 Å². The van der Waals surface area contributed by atoms with E-state index < -0.39 is 17.6 Å². The molecule has 0 aromatic heterocycles. The summed E-state index contributed by atoms with van der Waals surface area (Å²) in [7, 11) is 5.16. The molecule has 47 heavy (non-hydrogen) atoms. The fraction of sp³-hybridized carbons (Fsp3) is 0.400. The fourth-order valence-corrected chi connectivity index (χ4v) is 4.61. The molecule has 3 rings (SSSR count). The van der Waals surface area contributed by atoms with Crippen LogP contribution < -0.4 is 20.2 Å². The molecule has 0 atom stereocenters. The summed E-state index contributed by atoms with van der Waals surface area (Å²) in [6.45, 7) is 9.83. The van der Waals surface area contributed by atoms with Crippen LogP contribution in [0.15, 0.2) is 65.8 Å². The summed E-state index contributed by atoms with van der Waals surface area (Å²) in [5, 5.41) is 6.85. The molecule has 0 aliphatic heterocycles. The van der Waals surface area contributed by atoms with Gasteiger partial charge in [0.2, 0.25) is 0 Å². The van der Waals surface area contributed by atoms with Crippen molar-refractivity contribution in [2.45, 2.75) is 20.4 Å². The number of hydrogen-bond acceptors (Lipinski definition) is 9. The number of benzene rings is 3. The van der Waals surface area contributed by atoms with Crippen molar-refractivity contribution in [1.82, 2.24) is 15.2 Å². The summed E-state index contributed by atoms with van der Waals surface area (Å²) >= 11 is 0. The number of methoxy groups -OCH3 is 2. The molecular weight excluding hydrogens is 605 g/mol. The molecule has 0 radical (unpaired) electrons. The molecule has 0 unspecified atom stereocenters. The number of nitrogens with one attached hydrogen (secondary N) is 2. The Hall–Kier alpha value is -4.36. The average Bonchev–Trinajstić information content (AvgIpc) is 3.06. The second kappa shape index (κ2) is 20.0. The van der Waals surface area contributed by atoms with E-state index in [0.717, 1.165) is 31.7 Å². The van der Waals surface area contributed by atoms with E-state index in [9.17, 15) is 14.0 Å². The molecular formula is C35H46FN5O6. The number of hydrogen-bond donors (Lipinski definition) is 2. The maximum absolute atomic E-state index is 13.6. The third-order valence-electron chi connectivity index (χ3n) is 7.23. The van der Waals surface area contributed by atoms with Crippen molar-refractivity contribution in [2.24, 2.45) is 5.10 Å². The lowest BCUT2D eigenvalue weighted by molar-refractivity contribution is 0.0955. The summed E-state index contributed by atoms with van der Waals surface area (Å²) in [6, 6.07) is 16.2. The smallest absolute Gasteiger partial charge is 0.273 e. The van der Waals surface area contributed by atoms with Crippen molar-refractivity contribution >= 4 is 23.7 Å². The summed E-state index contributed by atoms with van der Waals surface area (Å²) in [5.74, 6) is -0.896.